The molecule has 2 bridgehead atoms. The van der Waals surface area contributed by atoms with Gasteiger partial charge in [-0.3, -0.25) is 4.79 Å². The maximum atomic E-state index is 12.8. The Morgan fingerprint density at radius 2 is 2.09 bits per heavy atom. The highest BCUT2D eigenvalue weighted by atomic mass is 16.6. The van der Waals surface area contributed by atoms with Crippen molar-refractivity contribution in [2.45, 2.75) is 68.4 Å². The van der Waals surface area contributed by atoms with Gasteiger partial charge < -0.3 is 34.6 Å². The Balaban J connectivity index is 1.54. The van der Waals surface area contributed by atoms with E-state index in [1.807, 2.05) is 19.2 Å². The van der Waals surface area contributed by atoms with Gasteiger partial charge in [0.2, 0.25) is 5.91 Å². The fourth-order valence-corrected chi connectivity index (χ4v) is 6.19. The molecule has 2 aliphatic heterocycles. The number of nitrogens with one attached hydrogen (secondary N) is 1. The monoisotopic (exact) mass is 458 g/mol. The molecule has 2 aliphatic carbocycles. The van der Waals surface area contributed by atoms with Crippen LogP contribution in [0.5, 0.6) is 11.5 Å². The van der Waals surface area contributed by atoms with Gasteiger partial charge >= 0.3 is 5.97 Å². The average Bonchev–Trinajstić information content (AvgIpc) is 3.13. The zero-order valence-electron chi connectivity index (χ0n) is 19.3. The Morgan fingerprint density at radius 3 is 2.79 bits per heavy atom. The molecule has 9 nitrogen and oxygen atoms in total. The summed E-state index contributed by atoms with van der Waals surface area (Å²) in [6, 6.07) is 2.86. The summed E-state index contributed by atoms with van der Waals surface area (Å²) in [4.78, 5) is 26.8. The van der Waals surface area contributed by atoms with Crippen LogP contribution >= 0.6 is 0 Å². The molecule has 0 saturated carbocycles. The normalized spacial score (nSPS) is 33.2. The number of hydrogen-bond donors (Lipinski definition) is 3. The van der Waals surface area contributed by atoms with Gasteiger partial charge in [-0.05, 0) is 58.0 Å². The number of likely N-dealkylation sites (tertiary alicyclic amines) is 1. The zero-order chi connectivity index (χ0) is 23.7. The van der Waals surface area contributed by atoms with Gasteiger partial charge in [0.1, 0.15) is 17.9 Å². The van der Waals surface area contributed by atoms with E-state index in [0.717, 1.165) is 17.7 Å². The Hall–Kier alpha value is -2.62. The number of carbonyl (C=O) groups excluding carboxylic acids is 2. The molecule has 1 amide bonds. The Bertz CT molecular complexity index is 1050. The second-order valence-electron chi connectivity index (χ2n) is 9.61. The van der Waals surface area contributed by atoms with Crippen molar-refractivity contribution in [2.24, 2.45) is 0 Å². The molecular formula is C24H30N2O7. The Labute approximate surface area is 192 Å². The van der Waals surface area contributed by atoms with Crippen LogP contribution < -0.4 is 14.8 Å². The summed E-state index contributed by atoms with van der Waals surface area (Å²) in [5, 5.41) is 24.0. The number of ether oxygens (including phenoxy) is 3. The first kappa shape index (κ1) is 22.2. The highest BCUT2D eigenvalue weighted by Gasteiger charge is 2.72. The Kier molecular flexibility index (Phi) is 5.00. The lowest BCUT2D eigenvalue weighted by Crippen LogP contribution is -2.74. The molecule has 9 heteroatoms. The molecule has 33 heavy (non-hydrogen) atoms. The maximum absolute atomic E-state index is 12.8. The summed E-state index contributed by atoms with van der Waals surface area (Å²) in [5.41, 5.74) is 0.214. The van der Waals surface area contributed by atoms with Crippen LogP contribution in [0.4, 0.5) is 0 Å². The summed E-state index contributed by atoms with van der Waals surface area (Å²) in [5.74, 6) is 0.192. The molecule has 0 aromatic heterocycles. The molecule has 1 fully saturated rings. The SMILES string of the molecule is COc1ccc2c3c1O[C@H]1C(OC(=O)[C@H](C)NC(=O)[C@H](C)O)=CC[C@@]4(O)[C@@H](C2)N(C)CC[C@]314. The molecule has 6 atom stereocenters. The van der Waals surface area contributed by atoms with Gasteiger partial charge in [-0.1, -0.05) is 6.07 Å². The Morgan fingerprint density at radius 1 is 1.33 bits per heavy atom. The minimum absolute atomic E-state index is 0.0954. The molecule has 0 radical (unpaired) electrons. The van der Waals surface area contributed by atoms with Crippen LogP contribution in [0.1, 0.15) is 37.8 Å². The van der Waals surface area contributed by atoms with E-state index in [1.54, 1.807) is 13.2 Å². The number of methoxy groups -OCH3 is 1. The van der Waals surface area contributed by atoms with Crippen molar-refractivity contribution in [3.05, 3.63) is 35.1 Å². The van der Waals surface area contributed by atoms with E-state index in [4.69, 9.17) is 14.2 Å². The van der Waals surface area contributed by atoms with E-state index in [9.17, 15) is 19.8 Å². The number of amides is 1. The van der Waals surface area contributed by atoms with E-state index < -0.39 is 41.1 Å². The van der Waals surface area contributed by atoms with E-state index in [-0.39, 0.29) is 6.04 Å². The van der Waals surface area contributed by atoms with Crippen LogP contribution in [0.15, 0.2) is 24.0 Å². The molecule has 178 valence electrons. The lowest BCUT2D eigenvalue weighted by molar-refractivity contribution is -0.170. The largest absolute Gasteiger partial charge is 0.493 e. The van der Waals surface area contributed by atoms with Gasteiger partial charge in [0.15, 0.2) is 17.6 Å². The topological polar surface area (TPSA) is 118 Å². The standard InChI is InChI=1S/C24H30N2O7/c1-12(25-21(28)13(2)27)22(29)32-16-7-8-24(30)17-11-14-5-6-15(31-4)19-18(14)23(24,20(16)33-19)9-10-26(17)3/h5-7,12-13,17,20,27,30H,8-11H2,1-4H3,(H,25,28)/t12-,13-,17+,20-,23-,24+/m0/s1. The van der Waals surface area contributed by atoms with E-state index in [2.05, 4.69) is 10.2 Å². The number of likely N-dealkylation sites (N-methyl/N-ethyl adjacent to an activating group) is 1. The third-order valence-corrected chi connectivity index (χ3v) is 7.87. The third-order valence-electron chi connectivity index (χ3n) is 7.87. The number of hydrogen-bond acceptors (Lipinski definition) is 8. The van der Waals surface area contributed by atoms with Gasteiger partial charge in [0, 0.05) is 18.0 Å². The minimum Gasteiger partial charge on any atom is -0.493 e. The van der Waals surface area contributed by atoms with Crippen molar-refractivity contribution in [3.63, 3.8) is 0 Å². The number of aliphatic hydroxyl groups excluding tert-OH is 1. The highest BCUT2D eigenvalue weighted by molar-refractivity contribution is 5.86. The summed E-state index contributed by atoms with van der Waals surface area (Å²) >= 11 is 0. The van der Waals surface area contributed by atoms with Crippen molar-refractivity contribution >= 4 is 11.9 Å². The summed E-state index contributed by atoms with van der Waals surface area (Å²) in [7, 11) is 3.61. The van der Waals surface area contributed by atoms with Crippen molar-refractivity contribution in [1.29, 1.82) is 0 Å². The molecular weight excluding hydrogens is 428 g/mol. The zero-order valence-corrected chi connectivity index (χ0v) is 19.3. The number of esters is 1. The highest BCUT2D eigenvalue weighted by Crippen LogP contribution is 2.65. The molecule has 1 saturated heterocycles. The third kappa shape index (κ3) is 2.88. The predicted molar refractivity (Wildman–Crippen MR) is 117 cm³/mol. The predicted octanol–water partition coefficient (Wildman–Crippen LogP) is 0.402. The second kappa shape index (κ2) is 7.44. The van der Waals surface area contributed by atoms with Crippen LogP contribution in [0.25, 0.3) is 0 Å². The van der Waals surface area contributed by atoms with Crippen LogP contribution in [-0.2, 0) is 26.2 Å². The smallest absolute Gasteiger partial charge is 0.333 e. The number of rotatable bonds is 5. The second-order valence-corrected chi connectivity index (χ2v) is 9.61. The van der Waals surface area contributed by atoms with E-state index in [0.29, 0.717) is 36.5 Å². The lowest BCUT2D eigenvalue weighted by Gasteiger charge is -2.61. The van der Waals surface area contributed by atoms with Gasteiger partial charge in [-0.15, -0.1) is 0 Å². The fraction of sp³-hybridized carbons (Fsp3) is 0.583. The molecule has 0 unspecified atom stereocenters. The molecule has 1 aromatic carbocycles. The summed E-state index contributed by atoms with van der Waals surface area (Å²) < 4.78 is 17.8. The first-order valence-electron chi connectivity index (χ1n) is 11.3. The maximum Gasteiger partial charge on any atom is 0.333 e. The van der Waals surface area contributed by atoms with Gasteiger partial charge in [0.25, 0.3) is 0 Å². The van der Waals surface area contributed by atoms with Crippen molar-refractivity contribution < 1.29 is 34.0 Å². The number of benzene rings is 1. The van der Waals surface area contributed by atoms with Gasteiger partial charge in [0.05, 0.1) is 18.1 Å². The molecule has 4 aliphatic rings. The van der Waals surface area contributed by atoms with Crippen LogP contribution in [-0.4, -0.2) is 77.6 Å². The van der Waals surface area contributed by atoms with Crippen molar-refractivity contribution in [1.82, 2.24) is 10.2 Å². The first-order valence-corrected chi connectivity index (χ1v) is 11.3. The van der Waals surface area contributed by atoms with Crippen molar-refractivity contribution in [3.8, 4) is 11.5 Å². The quantitative estimate of drug-likeness (QED) is 0.543. The average molecular weight is 459 g/mol. The van der Waals surface area contributed by atoms with Gasteiger partial charge in [-0.25, -0.2) is 4.79 Å². The first-order chi connectivity index (χ1) is 15.6. The number of nitrogens with zero attached hydrogens (tertiary/aromatic N) is 1. The molecule has 2 heterocycles. The van der Waals surface area contributed by atoms with Crippen LogP contribution in [0.3, 0.4) is 0 Å². The molecule has 1 spiro atoms. The number of carbonyl (C=O) groups is 2. The van der Waals surface area contributed by atoms with Gasteiger partial charge in [-0.2, -0.15) is 0 Å². The molecule has 1 aromatic rings. The van der Waals surface area contributed by atoms with E-state index in [1.165, 1.54) is 13.8 Å². The minimum atomic E-state index is -1.24. The van der Waals surface area contributed by atoms with Crippen LogP contribution in [0, 0.1) is 0 Å². The summed E-state index contributed by atoms with van der Waals surface area (Å²) in [6.07, 6.45) is 1.45. The van der Waals surface area contributed by atoms with E-state index >= 15 is 0 Å². The number of aliphatic hydroxyl groups is 2. The lowest BCUT2D eigenvalue weighted by atomic mass is 9.50. The summed E-state index contributed by atoms with van der Waals surface area (Å²) in [6.45, 7) is 3.59. The number of piperidine rings is 1. The molecule has 5 rings (SSSR count). The van der Waals surface area contributed by atoms with Crippen LogP contribution in [0.2, 0.25) is 0 Å². The van der Waals surface area contributed by atoms with Crippen molar-refractivity contribution in [2.75, 3.05) is 20.7 Å². The molecule has 3 N–H and O–H groups in total. The fourth-order valence-electron chi connectivity index (χ4n) is 6.19.